The highest BCUT2D eigenvalue weighted by Crippen LogP contribution is 2.36. The van der Waals surface area contributed by atoms with E-state index in [0.29, 0.717) is 0 Å². The van der Waals surface area contributed by atoms with E-state index in [1.54, 1.807) is 10.9 Å². The molecule has 1 heteroatoms. The molecule has 0 spiro atoms. The molecule has 1 unspecified atom stereocenters. The van der Waals surface area contributed by atoms with Crippen LogP contribution >= 0.6 is 7.92 Å². The molecule has 0 aliphatic rings. The fourth-order valence-corrected chi connectivity index (χ4v) is 4.97. The van der Waals surface area contributed by atoms with Gasteiger partial charge in [0.2, 0.25) is 0 Å². The van der Waals surface area contributed by atoms with Gasteiger partial charge in [0.25, 0.3) is 0 Å². The molecule has 108 valence electrons. The van der Waals surface area contributed by atoms with Gasteiger partial charge in [-0.15, -0.1) is 0 Å². The lowest BCUT2D eigenvalue weighted by atomic mass is 10.1. The van der Waals surface area contributed by atoms with Crippen LogP contribution in [0.1, 0.15) is 64.9 Å². The third kappa shape index (κ3) is 6.09. The molecule has 0 heterocycles. The fraction of sp³-hybridized carbons (Fsp3) is 0.667. The first kappa shape index (κ1) is 16.7. The minimum Gasteiger partial charge on any atom is -0.0753 e. The molecule has 1 rings (SSSR count). The molecule has 0 N–H and O–H groups in total. The van der Waals surface area contributed by atoms with Gasteiger partial charge in [0.05, 0.1) is 0 Å². The van der Waals surface area contributed by atoms with Gasteiger partial charge in [0.15, 0.2) is 0 Å². The first-order chi connectivity index (χ1) is 9.33. The van der Waals surface area contributed by atoms with E-state index in [4.69, 9.17) is 0 Å². The van der Waals surface area contributed by atoms with E-state index in [-0.39, 0.29) is 7.92 Å². The Morgan fingerprint density at radius 1 is 0.842 bits per heavy atom. The Labute approximate surface area is 121 Å². The van der Waals surface area contributed by atoms with E-state index in [9.17, 15) is 0 Å². The van der Waals surface area contributed by atoms with E-state index in [0.717, 1.165) is 0 Å². The molecule has 0 bridgehead atoms. The van der Waals surface area contributed by atoms with Gasteiger partial charge >= 0.3 is 0 Å². The van der Waals surface area contributed by atoms with E-state index in [1.165, 1.54) is 57.3 Å². The van der Waals surface area contributed by atoms with Gasteiger partial charge in [-0.05, 0) is 42.5 Å². The highest BCUT2D eigenvalue weighted by Gasteiger charge is 2.12. The Hall–Kier alpha value is -0.350. The summed E-state index contributed by atoms with van der Waals surface area (Å²) >= 11 is 0. The van der Waals surface area contributed by atoms with Crippen molar-refractivity contribution in [2.24, 2.45) is 0 Å². The lowest BCUT2D eigenvalue weighted by Crippen LogP contribution is -2.11. The average molecular weight is 278 g/mol. The SMILES string of the molecule is CCCCCCP(CC)c1ccccc1CCCC. The Morgan fingerprint density at radius 3 is 2.26 bits per heavy atom. The normalized spacial score (nSPS) is 12.6. The number of benzene rings is 1. The Morgan fingerprint density at radius 2 is 1.58 bits per heavy atom. The molecule has 0 aromatic heterocycles. The van der Waals surface area contributed by atoms with E-state index < -0.39 is 0 Å². The molecular formula is C18H31P. The molecule has 0 fully saturated rings. The second-order valence-electron chi connectivity index (χ2n) is 5.37. The summed E-state index contributed by atoms with van der Waals surface area (Å²) in [6.07, 6.45) is 12.3. The summed E-state index contributed by atoms with van der Waals surface area (Å²) in [6, 6.07) is 9.22. The van der Waals surface area contributed by atoms with Gasteiger partial charge in [-0.2, -0.15) is 0 Å². The van der Waals surface area contributed by atoms with Crippen molar-refractivity contribution >= 4 is 13.2 Å². The van der Waals surface area contributed by atoms with Crippen molar-refractivity contribution in [1.29, 1.82) is 0 Å². The maximum atomic E-state index is 2.40. The highest BCUT2D eigenvalue weighted by atomic mass is 31.1. The molecule has 19 heavy (non-hydrogen) atoms. The largest absolute Gasteiger partial charge is 0.0753 e. The summed E-state index contributed by atoms with van der Waals surface area (Å²) in [5, 5.41) is 1.70. The van der Waals surface area contributed by atoms with Crippen molar-refractivity contribution in [3.63, 3.8) is 0 Å². The van der Waals surface area contributed by atoms with Crippen LogP contribution in [0.15, 0.2) is 24.3 Å². The molecule has 1 atom stereocenters. The Kier molecular flexibility index (Phi) is 9.18. The topological polar surface area (TPSA) is 0 Å². The lowest BCUT2D eigenvalue weighted by molar-refractivity contribution is 0.705. The smallest absolute Gasteiger partial charge is 0.0209 e. The van der Waals surface area contributed by atoms with E-state index in [1.807, 2.05) is 0 Å². The van der Waals surface area contributed by atoms with Crippen LogP contribution in [-0.4, -0.2) is 12.3 Å². The zero-order valence-electron chi connectivity index (χ0n) is 13.1. The van der Waals surface area contributed by atoms with Crippen molar-refractivity contribution in [3.05, 3.63) is 29.8 Å². The first-order valence-electron chi connectivity index (χ1n) is 8.16. The molecule has 0 nitrogen and oxygen atoms in total. The van der Waals surface area contributed by atoms with Crippen LogP contribution in [0.3, 0.4) is 0 Å². The lowest BCUT2D eigenvalue weighted by Gasteiger charge is -2.20. The number of unbranched alkanes of at least 4 members (excludes halogenated alkanes) is 4. The van der Waals surface area contributed by atoms with Crippen LogP contribution in [0, 0.1) is 0 Å². The molecule has 0 amide bonds. The highest BCUT2D eigenvalue weighted by molar-refractivity contribution is 7.65. The maximum Gasteiger partial charge on any atom is -0.0209 e. The molecule has 1 aromatic carbocycles. The van der Waals surface area contributed by atoms with E-state index in [2.05, 4.69) is 45.0 Å². The minimum absolute atomic E-state index is 0.0925. The summed E-state index contributed by atoms with van der Waals surface area (Å²) in [7, 11) is 0.0925. The summed E-state index contributed by atoms with van der Waals surface area (Å²) in [4.78, 5) is 0. The second-order valence-corrected chi connectivity index (χ2v) is 8.01. The molecule has 0 radical (unpaired) electrons. The number of hydrogen-bond donors (Lipinski definition) is 0. The van der Waals surface area contributed by atoms with Crippen molar-refractivity contribution in [2.75, 3.05) is 12.3 Å². The van der Waals surface area contributed by atoms with Gasteiger partial charge in [-0.25, -0.2) is 0 Å². The van der Waals surface area contributed by atoms with Crippen LogP contribution in [0.5, 0.6) is 0 Å². The van der Waals surface area contributed by atoms with Gasteiger partial charge < -0.3 is 0 Å². The molecule has 0 aliphatic heterocycles. The van der Waals surface area contributed by atoms with Crippen molar-refractivity contribution in [2.45, 2.75) is 65.7 Å². The molecule has 0 aliphatic carbocycles. The zero-order valence-corrected chi connectivity index (χ0v) is 14.0. The van der Waals surface area contributed by atoms with Crippen LogP contribution in [-0.2, 0) is 6.42 Å². The van der Waals surface area contributed by atoms with Crippen molar-refractivity contribution < 1.29 is 0 Å². The van der Waals surface area contributed by atoms with Gasteiger partial charge in [0.1, 0.15) is 0 Å². The predicted octanol–water partition coefficient (Wildman–Crippen LogP) is 5.74. The zero-order chi connectivity index (χ0) is 13.9. The molecule has 1 aromatic rings. The standard InChI is InChI=1S/C18H31P/c1-4-7-9-12-16-19(6-3)18-15-11-10-14-17(18)13-8-5-2/h10-11,14-15H,4-9,12-13,16H2,1-3H3. The predicted molar refractivity (Wildman–Crippen MR) is 91.2 cm³/mol. The molecule has 0 saturated carbocycles. The first-order valence-corrected chi connectivity index (χ1v) is 9.87. The fourth-order valence-electron chi connectivity index (χ4n) is 2.58. The van der Waals surface area contributed by atoms with Gasteiger partial charge in [-0.1, -0.05) is 78.6 Å². The summed E-state index contributed by atoms with van der Waals surface area (Å²) in [5.74, 6) is 0. The van der Waals surface area contributed by atoms with E-state index >= 15 is 0 Å². The summed E-state index contributed by atoms with van der Waals surface area (Å²) in [6.45, 7) is 6.96. The third-order valence-electron chi connectivity index (χ3n) is 3.80. The van der Waals surface area contributed by atoms with Crippen LogP contribution in [0.2, 0.25) is 0 Å². The Bertz CT molecular complexity index is 332. The summed E-state index contributed by atoms with van der Waals surface area (Å²) in [5.41, 5.74) is 1.63. The molecule has 0 saturated heterocycles. The number of rotatable bonds is 10. The maximum absolute atomic E-state index is 2.40. The van der Waals surface area contributed by atoms with Crippen LogP contribution in [0.25, 0.3) is 0 Å². The van der Waals surface area contributed by atoms with Crippen molar-refractivity contribution in [3.8, 4) is 0 Å². The average Bonchev–Trinajstić information content (AvgIpc) is 2.46. The van der Waals surface area contributed by atoms with Gasteiger partial charge in [-0.3, -0.25) is 0 Å². The summed E-state index contributed by atoms with van der Waals surface area (Å²) < 4.78 is 0. The minimum atomic E-state index is 0.0925. The van der Waals surface area contributed by atoms with Crippen LogP contribution in [0.4, 0.5) is 0 Å². The monoisotopic (exact) mass is 278 g/mol. The number of hydrogen-bond acceptors (Lipinski definition) is 0. The Balaban J connectivity index is 2.62. The van der Waals surface area contributed by atoms with Crippen LogP contribution < -0.4 is 5.30 Å². The van der Waals surface area contributed by atoms with Crippen molar-refractivity contribution in [1.82, 2.24) is 0 Å². The van der Waals surface area contributed by atoms with Gasteiger partial charge in [0, 0.05) is 0 Å². The quantitative estimate of drug-likeness (QED) is 0.378. The molecular weight excluding hydrogens is 247 g/mol. The number of aryl methyl sites for hydroxylation is 1. The second kappa shape index (κ2) is 10.4. The third-order valence-corrected chi connectivity index (χ3v) is 6.53.